The molecular weight excluding hydrogens is 254 g/mol. The smallest absolute Gasteiger partial charge is 0.0516 e. The van der Waals surface area contributed by atoms with E-state index in [0.29, 0.717) is 11.8 Å². The second-order valence-corrected chi connectivity index (χ2v) is 5.04. The molecule has 1 unspecified atom stereocenters. The van der Waals surface area contributed by atoms with Gasteiger partial charge in [-0.25, -0.2) is 0 Å². The molecule has 0 radical (unpaired) electrons. The first-order valence-electron chi connectivity index (χ1n) is 5.33. The second-order valence-electron chi connectivity index (χ2n) is 4.12. The summed E-state index contributed by atoms with van der Waals surface area (Å²) in [6.07, 6.45) is 1.15. The van der Waals surface area contributed by atoms with Gasteiger partial charge in [-0.1, -0.05) is 28.1 Å². The van der Waals surface area contributed by atoms with E-state index < -0.39 is 0 Å². The fraction of sp³-hybridized carbons (Fsp3) is 0.500. The van der Waals surface area contributed by atoms with Crippen molar-refractivity contribution in [3.8, 4) is 0 Å². The second kappa shape index (κ2) is 5.10. The fourth-order valence-electron chi connectivity index (χ4n) is 1.93. The van der Waals surface area contributed by atoms with E-state index in [0.717, 1.165) is 30.7 Å². The molecular formula is C12H16BrNO. The van der Waals surface area contributed by atoms with Crippen molar-refractivity contribution in [2.45, 2.75) is 12.3 Å². The summed E-state index contributed by atoms with van der Waals surface area (Å²) in [6.45, 7) is 2.54. The zero-order valence-corrected chi connectivity index (χ0v) is 10.2. The van der Waals surface area contributed by atoms with Crippen molar-refractivity contribution in [2.24, 2.45) is 11.7 Å². The molecule has 0 aromatic heterocycles. The summed E-state index contributed by atoms with van der Waals surface area (Å²) >= 11 is 3.44. The van der Waals surface area contributed by atoms with Gasteiger partial charge in [-0.3, -0.25) is 0 Å². The lowest BCUT2D eigenvalue weighted by Crippen LogP contribution is -2.30. The third-order valence-corrected chi connectivity index (χ3v) is 3.48. The zero-order chi connectivity index (χ0) is 10.7. The highest BCUT2D eigenvalue weighted by Crippen LogP contribution is 2.27. The minimum Gasteiger partial charge on any atom is -0.381 e. The Balaban J connectivity index is 2.01. The molecule has 3 heteroatoms. The normalized spacial score (nSPS) is 18.5. The Morgan fingerprint density at radius 1 is 1.33 bits per heavy atom. The Morgan fingerprint density at radius 3 is 2.47 bits per heavy atom. The molecule has 82 valence electrons. The first-order chi connectivity index (χ1) is 7.29. The molecule has 0 amide bonds. The minimum atomic E-state index is 0.479. The van der Waals surface area contributed by atoms with Gasteiger partial charge in [0.1, 0.15) is 0 Å². The van der Waals surface area contributed by atoms with Crippen LogP contribution in [0.15, 0.2) is 28.7 Å². The van der Waals surface area contributed by atoms with Crippen LogP contribution in [0.4, 0.5) is 0 Å². The van der Waals surface area contributed by atoms with E-state index in [2.05, 4.69) is 40.2 Å². The van der Waals surface area contributed by atoms with Crippen LogP contribution in [0.25, 0.3) is 0 Å². The molecule has 2 rings (SSSR count). The number of benzene rings is 1. The third-order valence-electron chi connectivity index (χ3n) is 2.95. The Labute approximate surface area is 98.9 Å². The van der Waals surface area contributed by atoms with E-state index >= 15 is 0 Å². The van der Waals surface area contributed by atoms with Crippen LogP contribution in [0, 0.1) is 5.92 Å². The summed E-state index contributed by atoms with van der Waals surface area (Å²) in [4.78, 5) is 0. The lowest BCUT2D eigenvalue weighted by atomic mass is 9.88. The van der Waals surface area contributed by atoms with Gasteiger partial charge in [-0.15, -0.1) is 0 Å². The number of ether oxygens (including phenoxy) is 1. The summed E-state index contributed by atoms with van der Waals surface area (Å²) in [5.74, 6) is 1.19. The topological polar surface area (TPSA) is 35.2 Å². The molecule has 2 N–H and O–H groups in total. The first kappa shape index (κ1) is 11.1. The van der Waals surface area contributed by atoms with Crippen molar-refractivity contribution in [2.75, 3.05) is 19.8 Å². The van der Waals surface area contributed by atoms with Gasteiger partial charge >= 0.3 is 0 Å². The Bertz CT molecular complexity index is 308. The van der Waals surface area contributed by atoms with Crippen LogP contribution < -0.4 is 5.73 Å². The van der Waals surface area contributed by atoms with Crippen molar-refractivity contribution >= 4 is 15.9 Å². The quantitative estimate of drug-likeness (QED) is 0.912. The van der Waals surface area contributed by atoms with Crippen LogP contribution in [0.3, 0.4) is 0 Å². The molecule has 0 saturated carbocycles. The van der Waals surface area contributed by atoms with Crippen molar-refractivity contribution in [3.05, 3.63) is 34.3 Å². The summed E-state index contributed by atoms with van der Waals surface area (Å²) < 4.78 is 6.31. The van der Waals surface area contributed by atoms with E-state index in [1.54, 1.807) is 0 Å². The van der Waals surface area contributed by atoms with Crippen LogP contribution in [0.2, 0.25) is 0 Å². The molecule has 2 nitrogen and oxygen atoms in total. The number of hydrogen-bond donors (Lipinski definition) is 1. The lowest BCUT2D eigenvalue weighted by molar-refractivity contribution is -0.0382. The number of rotatable bonds is 4. The van der Waals surface area contributed by atoms with Crippen LogP contribution in [-0.4, -0.2) is 19.8 Å². The van der Waals surface area contributed by atoms with Crippen molar-refractivity contribution < 1.29 is 4.74 Å². The molecule has 1 aromatic rings. The van der Waals surface area contributed by atoms with Crippen molar-refractivity contribution in [1.29, 1.82) is 0 Å². The van der Waals surface area contributed by atoms with Gasteiger partial charge in [-0.05, 0) is 36.6 Å². The molecule has 15 heavy (non-hydrogen) atoms. The van der Waals surface area contributed by atoms with E-state index in [-0.39, 0.29) is 0 Å². The van der Waals surface area contributed by atoms with Gasteiger partial charge in [0.25, 0.3) is 0 Å². The standard InChI is InChI=1S/C12H16BrNO/c13-12-3-1-10(2-4-12)11(6-14)5-9-7-15-8-9/h1-4,9,11H,5-8,14H2. The predicted molar refractivity (Wildman–Crippen MR) is 64.9 cm³/mol. The van der Waals surface area contributed by atoms with Gasteiger partial charge in [0.2, 0.25) is 0 Å². The number of halogens is 1. The highest BCUT2D eigenvalue weighted by atomic mass is 79.9. The third kappa shape index (κ3) is 2.80. The maximum absolute atomic E-state index is 5.82. The van der Waals surface area contributed by atoms with Gasteiger partial charge < -0.3 is 10.5 Å². The van der Waals surface area contributed by atoms with E-state index in [1.807, 2.05) is 0 Å². The first-order valence-corrected chi connectivity index (χ1v) is 6.12. The Morgan fingerprint density at radius 2 is 2.00 bits per heavy atom. The lowest BCUT2D eigenvalue weighted by Gasteiger charge is -2.29. The van der Waals surface area contributed by atoms with Crippen LogP contribution in [0.5, 0.6) is 0 Å². The summed E-state index contributed by atoms with van der Waals surface area (Å²) in [5, 5.41) is 0. The molecule has 0 aliphatic carbocycles. The van der Waals surface area contributed by atoms with E-state index in [9.17, 15) is 0 Å². The monoisotopic (exact) mass is 269 g/mol. The fourth-order valence-corrected chi connectivity index (χ4v) is 2.19. The van der Waals surface area contributed by atoms with Crippen LogP contribution in [-0.2, 0) is 4.74 Å². The van der Waals surface area contributed by atoms with Crippen molar-refractivity contribution in [3.63, 3.8) is 0 Å². The van der Waals surface area contributed by atoms with Crippen molar-refractivity contribution in [1.82, 2.24) is 0 Å². The highest BCUT2D eigenvalue weighted by molar-refractivity contribution is 9.10. The SMILES string of the molecule is NCC(CC1COC1)c1ccc(Br)cc1. The van der Waals surface area contributed by atoms with Crippen LogP contribution in [0.1, 0.15) is 17.9 Å². The molecule has 0 spiro atoms. The number of nitrogens with two attached hydrogens (primary N) is 1. The molecule has 1 aliphatic rings. The zero-order valence-electron chi connectivity index (χ0n) is 8.66. The van der Waals surface area contributed by atoms with E-state index in [1.165, 1.54) is 5.56 Å². The van der Waals surface area contributed by atoms with Gasteiger partial charge in [0.15, 0.2) is 0 Å². The van der Waals surface area contributed by atoms with Gasteiger partial charge in [-0.2, -0.15) is 0 Å². The molecule has 1 heterocycles. The Hall–Kier alpha value is -0.380. The van der Waals surface area contributed by atoms with E-state index in [4.69, 9.17) is 10.5 Å². The summed E-state index contributed by atoms with van der Waals surface area (Å²) in [6, 6.07) is 8.47. The van der Waals surface area contributed by atoms with Gasteiger partial charge in [0, 0.05) is 10.4 Å². The number of hydrogen-bond acceptors (Lipinski definition) is 2. The highest BCUT2D eigenvalue weighted by Gasteiger charge is 2.23. The molecule has 1 saturated heterocycles. The predicted octanol–water partition coefficient (Wildman–Crippen LogP) is 2.53. The molecule has 1 aromatic carbocycles. The molecule has 1 atom stereocenters. The summed E-state index contributed by atoms with van der Waals surface area (Å²) in [5.41, 5.74) is 7.16. The van der Waals surface area contributed by atoms with Gasteiger partial charge in [0.05, 0.1) is 13.2 Å². The largest absolute Gasteiger partial charge is 0.381 e. The molecule has 0 bridgehead atoms. The molecule has 1 aliphatic heterocycles. The maximum atomic E-state index is 5.82. The average Bonchev–Trinajstić information content (AvgIpc) is 2.19. The minimum absolute atomic E-state index is 0.479. The maximum Gasteiger partial charge on any atom is 0.0516 e. The molecule has 1 fully saturated rings. The Kier molecular flexibility index (Phi) is 3.78. The van der Waals surface area contributed by atoms with Crippen LogP contribution >= 0.6 is 15.9 Å². The summed E-state index contributed by atoms with van der Waals surface area (Å²) in [7, 11) is 0. The average molecular weight is 270 g/mol.